The van der Waals surface area contributed by atoms with Crippen molar-refractivity contribution in [2.45, 2.75) is 33.2 Å². The number of thiocarbonyl (C=S) groups is 1. The Morgan fingerprint density at radius 2 is 1.89 bits per heavy atom. The van der Waals surface area contributed by atoms with Crippen LogP contribution in [0.5, 0.6) is 5.75 Å². The van der Waals surface area contributed by atoms with Gasteiger partial charge in [0.05, 0.1) is 13.0 Å². The number of hydrogen-bond acceptors (Lipinski definition) is 5. The molecule has 1 aliphatic heterocycles. The molecule has 1 aromatic carbocycles. The van der Waals surface area contributed by atoms with Gasteiger partial charge in [0.15, 0.2) is 5.11 Å². The van der Waals surface area contributed by atoms with Crippen molar-refractivity contribution in [3.8, 4) is 5.75 Å². The van der Waals surface area contributed by atoms with E-state index in [1.807, 2.05) is 13.8 Å². The van der Waals surface area contributed by atoms with Crippen LogP contribution in [0.2, 0.25) is 0 Å². The molecule has 0 spiro atoms. The van der Waals surface area contributed by atoms with Gasteiger partial charge in [-0.1, -0.05) is 0 Å². The average Bonchev–Trinajstić information content (AvgIpc) is 2.86. The molecule has 0 aliphatic carbocycles. The third kappa shape index (κ3) is 5.41. The lowest BCUT2D eigenvalue weighted by atomic mass is 10.1. The van der Waals surface area contributed by atoms with Crippen molar-refractivity contribution >= 4 is 40.7 Å². The minimum atomic E-state index is -0.677. The summed E-state index contributed by atoms with van der Waals surface area (Å²) in [6.45, 7) is 6.87. The van der Waals surface area contributed by atoms with Crippen LogP contribution in [0.15, 0.2) is 24.3 Å². The molecule has 0 radical (unpaired) electrons. The minimum absolute atomic E-state index is 0.0250. The van der Waals surface area contributed by atoms with E-state index < -0.39 is 6.04 Å². The molecule has 0 bridgehead atoms. The number of hydrogen-bond donors (Lipinski definition) is 2. The maximum Gasteiger partial charge on any atom is 0.252 e. The number of amides is 3. The standard InChI is InChI=1S/C19H26N4O4S/c1-4-22-18(26)16(23(19(22)28)11-10-20-13(3)24)12-17(25)21-14-6-8-15(9-7-14)27-5-2/h6-9,16H,4-5,10-12H2,1-3H3,(H,20,24)(H,21,25)/t16-/m1/s1. The summed E-state index contributed by atoms with van der Waals surface area (Å²) in [6.07, 6.45) is -0.0250. The van der Waals surface area contributed by atoms with Gasteiger partial charge in [-0.3, -0.25) is 19.3 Å². The second kappa shape index (κ2) is 10.0. The number of benzene rings is 1. The number of likely N-dealkylation sites (N-methyl/N-ethyl adjacent to an activating group) is 1. The zero-order valence-electron chi connectivity index (χ0n) is 16.4. The van der Waals surface area contributed by atoms with Crippen molar-refractivity contribution in [2.75, 3.05) is 31.6 Å². The molecule has 8 nitrogen and oxygen atoms in total. The summed E-state index contributed by atoms with van der Waals surface area (Å²) >= 11 is 5.39. The molecule has 28 heavy (non-hydrogen) atoms. The maximum absolute atomic E-state index is 12.7. The summed E-state index contributed by atoms with van der Waals surface area (Å²) in [5, 5.41) is 5.87. The van der Waals surface area contributed by atoms with Gasteiger partial charge in [0.25, 0.3) is 5.91 Å². The van der Waals surface area contributed by atoms with E-state index in [-0.39, 0.29) is 24.1 Å². The largest absolute Gasteiger partial charge is 0.494 e. The first-order chi connectivity index (χ1) is 13.4. The third-order valence-corrected chi connectivity index (χ3v) is 4.73. The quantitative estimate of drug-likeness (QED) is 0.602. The van der Waals surface area contributed by atoms with E-state index in [0.29, 0.717) is 37.0 Å². The van der Waals surface area contributed by atoms with E-state index in [4.69, 9.17) is 17.0 Å². The van der Waals surface area contributed by atoms with Crippen LogP contribution in [0.1, 0.15) is 27.2 Å². The van der Waals surface area contributed by atoms with Crippen LogP contribution in [-0.2, 0) is 14.4 Å². The summed E-state index contributed by atoms with van der Waals surface area (Å²) in [4.78, 5) is 39.5. The lowest BCUT2D eigenvalue weighted by molar-refractivity contribution is -0.130. The monoisotopic (exact) mass is 406 g/mol. The van der Waals surface area contributed by atoms with Crippen molar-refractivity contribution in [1.29, 1.82) is 0 Å². The summed E-state index contributed by atoms with van der Waals surface area (Å²) in [7, 11) is 0. The smallest absolute Gasteiger partial charge is 0.252 e. The number of ether oxygens (including phenoxy) is 1. The highest BCUT2D eigenvalue weighted by molar-refractivity contribution is 7.80. The number of carbonyl (C=O) groups excluding carboxylic acids is 3. The normalized spacial score (nSPS) is 16.3. The Bertz CT molecular complexity index is 738. The first-order valence-corrected chi connectivity index (χ1v) is 9.67. The Kier molecular flexibility index (Phi) is 7.74. The number of carbonyl (C=O) groups is 3. The van der Waals surface area contributed by atoms with Crippen molar-refractivity contribution < 1.29 is 19.1 Å². The molecule has 1 aromatic rings. The lowest BCUT2D eigenvalue weighted by Gasteiger charge is -2.23. The SMILES string of the molecule is CCOc1ccc(NC(=O)C[C@@H]2C(=O)N(CC)C(=S)N2CCNC(C)=O)cc1. The van der Waals surface area contributed by atoms with Crippen molar-refractivity contribution in [3.05, 3.63) is 24.3 Å². The lowest BCUT2D eigenvalue weighted by Crippen LogP contribution is -2.42. The second-order valence-corrected chi connectivity index (χ2v) is 6.63. The summed E-state index contributed by atoms with van der Waals surface area (Å²) in [5.74, 6) is 0.0816. The zero-order valence-corrected chi connectivity index (χ0v) is 17.2. The molecule has 9 heteroatoms. The molecule has 152 valence electrons. The van der Waals surface area contributed by atoms with Gasteiger partial charge in [-0.05, 0) is 50.3 Å². The number of rotatable bonds is 9. The van der Waals surface area contributed by atoms with Gasteiger partial charge in [0.2, 0.25) is 11.8 Å². The molecule has 0 aromatic heterocycles. The first-order valence-electron chi connectivity index (χ1n) is 9.26. The molecular formula is C19H26N4O4S. The van der Waals surface area contributed by atoms with Gasteiger partial charge in [0.1, 0.15) is 11.8 Å². The number of anilines is 1. The summed E-state index contributed by atoms with van der Waals surface area (Å²) < 4.78 is 5.38. The third-order valence-electron chi connectivity index (χ3n) is 4.27. The molecule has 2 rings (SSSR count). The number of nitrogens with one attached hydrogen (secondary N) is 2. The highest BCUT2D eigenvalue weighted by Crippen LogP contribution is 2.21. The fraction of sp³-hybridized carbons (Fsp3) is 0.474. The van der Waals surface area contributed by atoms with Crippen LogP contribution in [0.25, 0.3) is 0 Å². The minimum Gasteiger partial charge on any atom is -0.494 e. The predicted molar refractivity (Wildman–Crippen MR) is 110 cm³/mol. The highest BCUT2D eigenvalue weighted by atomic mass is 32.1. The second-order valence-electron chi connectivity index (χ2n) is 6.27. The van der Waals surface area contributed by atoms with Gasteiger partial charge in [-0.2, -0.15) is 0 Å². The van der Waals surface area contributed by atoms with Crippen molar-refractivity contribution in [3.63, 3.8) is 0 Å². The molecule has 1 atom stereocenters. The van der Waals surface area contributed by atoms with Gasteiger partial charge < -0.3 is 20.3 Å². The molecule has 1 saturated heterocycles. The Balaban J connectivity index is 2.02. The Hall–Kier alpha value is -2.68. The zero-order chi connectivity index (χ0) is 20.7. The molecular weight excluding hydrogens is 380 g/mol. The van der Waals surface area contributed by atoms with Crippen LogP contribution in [0.4, 0.5) is 5.69 Å². The van der Waals surface area contributed by atoms with Gasteiger partial charge in [0, 0.05) is 32.2 Å². The summed E-state index contributed by atoms with van der Waals surface area (Å²) in [5.41, 5.74) is 0.624. The molecule has 3 amide bonds. The first kappa shape index (κ1) is 21.6. The molecule has 2 N–H and O–H groups in total. The highest BCUT2D eigenvalue weighted by Gasteiger charge is 2.42. The van der Waals surface area contributed by atoms with Crippen LogP contribution >= 0.6 is 12.2 Å². The Morgan fingerprint density at radius 3 is 2.46 bits per heavy atom. The van der Waals surface area contributed by atoms with Crippen LogP contribution in [0.3, 0.4) is 0 Å². The average molecular weight is 407 g/mol. The topological polar surface area (TPSA) is 91.0 Å². The fourth-order valence-corrected chi connectivity index (χ4v) is 3.41. The van der Waals surface area contributed by atoms with Crippen molar-refractivity contribution in [1.82, 2.24) is 15.1 Å². The fourth-order valence-electron chi connectivity index (χ4n) is 2.98. The van der Waals surface area contributed by atoms with E-state index in [0.717, 1.165) is 5.75 Å². The van der Waals surface area contributed by atoms with Gasteiger partial charge in [-0.25, -0.2) is 0 Å². The molecule has 0 saturated carbocycles. The maximum atomic E-state index is 12.7. The van der Waals surface area contributed by atoms with Crippen LogP contribution < -0.4 is 15.4 Å². The summed E-state index contributed by atoms with van der Waals surface area (Å²) in [6, 6.07) is 6.36. The Morgan fingerprint density at radius 1 is 1.21 bits per heavy atom. The van der Waals surface area contributed by atoms with Crippen LogP contribution in [-0.4, -0.2) is 64.9 Å². The van der Waals surface area contributed by atoms with E-state index in [2.05, 4.69) is 10.6 Å². The van der Waals surface area contributed by atoms with Crippen LogP contribution in [0, 0.1) is 0 Å². The van der Waals surface area contributed by atoms with E-state index >= 15 is 0 Å². The molecule has 1 heterocycles. The molecule has 1 aliphatic rings. The Labute approximate surface area is 170 Å². The van der Waals surface area contributed by atoms with E-state index in [9.17, 15) is 14.4 Å². The number of nitrogens with zero attached hydrogens (tertiary/aromatic N) is 2. The van der Waals surface area contributed by atoms with E-state index in [1.54, 1.807) is 29.2 Å². The van der Waals surface area contributed by atoms with E-state index in [1.165, 1.54) is 11.8 Å². The van der Waals surface area contributed by atoms with Gasteiger partial charge >= 0.3 is 0 Å². The molecule has 0 unspecified atom stereocenters. The predicted octanol–water partition coefficient (Wildman–Crippen LogP) is 1.37. The van der Waals surface area contributed by atoms with Crippen molar-refractivity contribution in [2.24, 2.45) is 0 Å². The van der Waals surface area contributed by atoms with Gasteiger partial charge in [-0.15, -0.1) is 0 Å². The molecule has 1 fully saturated rings.